The van der Waals surface area contributed by atoms with Crippen LogP contribution in [0.3, 0.4) is 0 Å². The quantitative estimate of drug-likeness (QED) is 0.695. The fourth-order valence-corrected chi connectivity index (χ4v) is 2.49. The number of halogens is 1. The molecule has 0 aromatic heterocycles. The Kier molecular flexibility index (Phi) is 4.24. The van der Waals surface area contributed by atoms with Gasteiger partial charge in [0.1, 0.15) is 0 Å². The maximum absolute atomic E-state index is 10.9. The molecule has 19 heavy (non-hydrogen) atoms. The van der Waals surface area contributed by atoms with Crippen LogP contribution in [0.25, 0.3) is 11.1 Å². The first-order chi connectivity index (χ1) is 9.00. The van der Waals surface area contributed by atoms with E-state index in [4.69, 9.17) is 16.2 Å². The molecule has 2 aromatic carbocycles. The molecule has 0 aliphatic carbocycles. The van der Waals surface area contributed by atoms with Gasteiger partial charge in [-0.15, -0.1) is 11.6 Å². The zero-order valence-electron chi connectivity index (χ0n) is 10.1. The highest BCUT2D eigenvalue weighted by atomic mass is 35.5. The van der Waals surface area contributed by atoms with E-state index >= 15 is 0 Å². The molecule has 0 saturated carbocycles. The molecule has 3 nitrogen and oxygen atoms in total. The normalized spacial score (nSPS) is 11.5. The van der Waals surface area contributed by atoms with Crippen molar-refractivity contribution >= 4 is 21.7 Å². The highest BCUT2D eigenvalue weighted by Gasteiger charge is 2.08. The lowest BCUT2D eigenvalue weighted by Crippen LogP contribution is -1.97. The highest BCUT2D eigenvalue weighted by Crippen LogP contribution is 2.22. The topological polar surface area (TPSA) is 54.4 Å². The van der Waals surface area contributed by atoms with E-state index in [1.165, 1.54) is 12.1 Å². The van der Waals surface area contributed by atoms with Gasteiger partial charge in [-0.25, -0.2) is 0 Å². The lowest BCUT2D eigenvalue weighted by Gasteiger charge is -2.04. The van der Waals surface area contributed by atoms with Gasteiger partial charge in [0.2, 0.25) is 0 Å². The molecule has 0 bridgehead atoms. The molecule has 0 radical (unpaired) electrons. The zero-order chi connectivity index (χ0) is 13.9. The molecule has 0 fully saturated rings. The summed E-state index contributed by atoms with van der Waals surface area (Å²) in [5.41, 5.74) is 3.04. The smallest absolute Gasteiger partial charge is 0.282 e. The fourth-order valence-electron chi connectivity index (χ4n) is 1.79. The van der Waals surface area contributed by atoms with E-state index in [-0.39, 0.29) is 4.90 Å². The number of rotatable bonds is 4. The molecular weight excluding hydrogens is 284 g/mol. The molecule has 0 heterocycles. The first-order valence-electron chi connectivity index (χ1n) is 5.73. The fraction of sp³-hybridized carbons (Fsp3) is 0.143. The Labute approximate surface area is 117 Å². The third-order valence-electron chi connectivity index (χ3n) is 2.82. The summed E-state index contributed by atoms with van der Waals surface area (Å²) in [6, 6.07) is 14.0. The third-order valence-corrected chi connectivity index (χ3v) is 3.88. The Morgan fingerprint density at radius 3 is 1.79 bits per heavy atom. The Balaban J connectivity index is 2.27. The van der Waals surface area contributed by atoms with E-state index < -0.39 is 10.1 Å². The Bertz CT molecular complexity index is 646. The highest BCUT2D eigenvalue weighted by molar-refractivity contribution is 7.85. The van der Waals surface area contributed by atoms with Crippen molar-refractivity contribution in [3.05, 3.63) is 54.1 Å². The molecule has 0 atom stereocenters. The van der Waals surface area contributed by atoms with Crippen LogP contribution in [0.1, 0.15) is 5.56 Å². The second kappa shape index (κ2) is 5.74. The van der Waals surface area contributed by atoms with Crippen LogP contribution < -0.4 is 0 Å². The average molecular weight is 297 g/mol. The second-order valence-corrected chi connectivity index (χ2v) is 5.93. The van der Waals surface area contributed by atoms with Crippen LogP contribution in [0.2, 0.25) is 0 Å². The van der Waals surface area contributed by atoms with Gasteiger partial charge in [-0.3, -0.25) is 4.55 Å². The van der Waals surface area contributed by atoms with Gasteiger partial charge < -0.3 is 0 Å². The van der Waals surface area contributed by atoms with Gasteiger partial charge in [-0.1, -0.05) is 36.4 Å². The van der Waals surface area contributed by atoms with Crippen LogP contribution in [0.4, 0.5) is 0 Å². The maximum atomic E-state index is 10.9. The minimum Gasteiger partial charge on any atom is -0.282 e. The molecule has 100 valence electrons. The van der Waals surface area contributed by atoms with Gasteiger partial charge in [0.05, 0.1) is 4.90 Å². The summed E-state index contributed by atoms with van der Waals surface area (Å²) in [6.07, 6.45) is 0.823. The van der Waals surface area contributed by atoms with Crippen molar-refractivity contribution < 1.29 is 13.0 Å². The number of aryl methyl sites for hydroxylation is 1. The molecule has 0 aliphatic heterocycles. The first kappa shape index (κ1) is 14.1. The predicted octanol–water partition coefficient (Wildman–Crippen LogP) is 3.38. The minimum absolute atomic E-state index is 0.102. The van der Waals surface area contributed by atoms with Crippen molar-refractivity contribution in [2.24, 2.45) is 0 Å². The van der Waals surface area contributed by atoms with Crippen LogP contribution in [-0.2, 0) is 16.5 Å². The van der Waals surface area contributed by atoms with Crippen molar-refractivity contribution in [3.63, 3.8) is 0 Å². The summed E-state index contributed by atoms with van der Waals surface area (Å²) < 4.78 is 30.8. The molecule has 2 aromatic rings. The summed E-state index contributed by atoms with van der Waals surface area (Å²) in [6.45, 7) is 0. The van der Waals surface area contributed by atoms with E-state index in [0.717, 1.165) is 23.1 Å². The predicted molar refractivity (Wildman–Crippen MR) is 76.1 cm³/mol. The van der Waals surface area contributed by atoms with Crippen LogP contribution in [-0.4, -0.2) is 18.9 Å². The van der Waals surface area contributed by atoms with Crippen molar-refractivity contribution in [3.8, 4) is 11.1 Å². The molecule has 0 spiro atoms. The summed E-state index contributed by atoms with van der Waals surface area (Å²) in [4.78, 5) is -0.102. The number of benzene rings is 2. The maximum Gasteiger partial charge on any atom is 0.294 e. The summed E-state index contributed by atoms with van der Waals surface area (Å²) >= 11 is 5.67. The zero-order valence-corrected chi connectivity index (χ0v) is 11.7. The Hall–Kier alpha value is -1.36. The van der Waals surface area contributed by atoms with E-state index in [1.54, 1.807) is 12.1 Å². The third kappa shape index (κ3) is 3.56. The molecular formula is C14H13ClO3S. The van der Waals surface area contributed by atoms with Crippen molar-refractivity contribution in [2.75, 3.05) is 5.88 Å². The SMILES string of the molecule is O=S(=O)(O)c1ccc(-c2ccc(CCCl)cc2)cc1. The van der Waals surface area contributed by atoms with Crippen molar-refractivity contribution in [1.82, 2.24) is 0 Å². The van der Waals surface area contributed by atoms with Gasteiger partial charge in [-0.2, -0.15) is 8.42 Å². The van der Waals surface area contributed by atoms with Crippen molar-refractivity contribution in [1.29, 1.82) is 0 Å². The molecule has 1 N–H and O–H groups in total. The molecule has 2 rings (SSSR count). The summed E-state index contributed by atoms with van der Waals surface area (Å²) in [7, 11) is -4.13. The average Bonchev–Trinajstić information content (AvgIpc) is 2.39. The van der Waals surface area contributed by atoms with Crippen molar-refractivity contribution in [2.45, 2.75) is 11.3 Å². The van der Waals surface area contributed by atoms with E-state index in [1.807, 2.05) is 24.3 Å². The van der Waals surface area contributed by atoms with Crippen LogP contribution >= 0.6 is 11.6 Å². The van der Waals surface area contributed by atoms with Crippen LogP contribution in [0.5, 0.6) is 0 Å². The van der Waals surface area contributed by atoms with Gasteiger partial charge in [0.15, 0.2) is 0 Å². The van der Waals surface area contributed by atoms with Gasteiger partial charge in [0, 0.05) is 5.88 Å². The molecule has 5 heteroatoms. The Morgan fingerprint density at radius 1 is 0.895 bits per heavy atom. The minimum atomic E-state index is -4.13. The summed E-state index contributed by atoms with van der Waals surface area (Å²) in [5.74, 6) is 0.586. The lowest BCUT2D eigenvalue weighted by atomic mass is 10.0. The monoisotopic (exact) mass is 296 g/mol. The van der Waals surface area contributed by atoms with Gasteiger partial charge in [0.25, 0.3) is 10.1 Å². The first-order valence-corrected chi connectivity index (χ1v) is 7.71. The van der Waals surface area contributed by atoms with E-state index in [2.05, 4.69) is 0 Å². The molecule has 0 unspecified atom stereocenters. The number of hydrogen-bond donors (Lipinski definition) is 1. The van der Waals surface area contributed by atoms with Crippen LogP contribution in [0.15, 0.2) is 53.4 Å². The molecule has 0 saturated heterocycles. The van der Waals surface area contributed by atoms with Crippen LogP contribution in [0, 0.1) is 0 Å². The lowest BCUT2D eigenvalue weighted by molar-refractivity contribution is 0.483. The van der Waals surface area contributed by atoms with E-state index in [0.29, 0.717) is 5.88 Å². The number of alkyl halides is 1. The Morgan fingerprint density at radius 2 is 1.37 bits per heavy atom. The second-order valence-electron chi connectivity index (χ2n) is 4.14. The van der Waals surface area contributed by atoms with Gasteiger partial charge >= 0.3 is 0 Å². The number of hydrogen-bond acceptors (Lipinski definition) is 2. The van der Waals surface area contributed by atoms with E-state index in [9.17, 15) is 8.42 Å². The molecule has 0 aliphatic rings. The standard InChI is InChI=1S/C14H13ClO3S/c15-10-9-11-1-3-12(4-2-11)13-5-7-14(8-6-13)19(16,17)18/h1-8H,9-10H2,(H,16,17,18). The van der Waals surface area contributed by atoms with Gasteiger partial charge in [-0.05, 0) is 35.2 Å². The summed E-state index contributed by atoms with van der Waals surface area (Å²) in [5, 5.41) is 0. The molecule has 0 amide bonds. The largest absolute Gasteiger partial charge is 0.294 e.